The van der Waals surface area contributed by atoms with Gasteiger partial charge in [-0.3, -0.25) is 9.36 Å². The van der Waals surface area contributed by atoms with E-state index < -0.39 is 0 Å². The molecule has 1 fully saturated rings. The van der Waals surface area contributed by atoms with Crippen molar-refractivity contribution in [3.05, 3.63) is 40.8 Å². The fourth-order valence-corrected chi connectivity index (χ4v) is 2.74. The Labute approximate surface area is 141 Å². The van der Waals surface area contributed by atoms with Crippen molar-refractivity contribution in [3.8, 4) is 11.4 Å². The Balaban J connectivity index is 1.73. The monoisotopic (exact) mass is 328 g/mol. The van der Waals surface area contributed by atoms with Gasteiger partial charge in [0.25, 0.3) is 0 Å². The number of nitrogens with zero attached hydrogens (tertiary/aromatic N) is 3. The molecule has 1 saturated carbocycles. The molecule has 6 heteroatoms. The standard InChI is InChI=1S/C18H24N4O2/c1-2-3-9-16(23)19-12-13-21-18(24)22(15-10-11-15)17(20-21)14-7-5-4-6-8-14/h4-8,15H,2-3,9-13H2,1H3,(H,19,23). The summed E-state index contributed by atoms with van der Waals surface area (Å²) in [5, 5.41) is 7.37. The average molecular weight is 328 g/mol. The van der Waals surface area contributed by atoms with Crippen LogP contribution in [-0.2, 0) is 11.3 Å². The maximum Gasteiger partial charge on any atom is 0.346 e. The van der Waals surface area contributed by atoms with Crippen molar-refractivity contribution in [1.29, 1.82) is 0 Å². The second-order valence-electron chi connectivity index (χ2n) is 6.25. The van der Waals surface area contributed by atoms with E-state index in [1.165, 1.54) is 4.68 Å². The fraction of sp³-hybridized carbons (Fsp3) is 0.500. The first-order valence-electron chi connectivity index (χ1n) is 8.72. The first kappa shape index (κ1) is 16.5. The molecule has 1 aromatic heterocycles. The molecule has 1 aromatic carbocycles. The quantitative estimate of drug-likeness (QED) is 0.809. The van der Waals surface area contributed by atoms with E-state index in [1.807, 2.05) is 30.3 Å². The normalized spacial score (nSPS) is 13.9. The largest absolute Gasteiger partial charge is 0.354 e. The number of carbonyl (C=O) groups is 1. The Bertz CT molecular complexity index is 744. The summed E-state index contributed by atoms with van der Waals surface area (Å²) in [6.07, 6.45) is 4.48. The van der Waals surface area contributed by atoms with Gasteiger partial charge in [0.15, 0.2) is 5.82 Å². The van der Waals surface area contributed by atoms with E-state index in [9.17, 15) is 9.59 Å². The molecule has 3 rings (SSSR count). The smallest absolute Gasteiger partial charge is 0.346 e. The van der Waals surface area contributed by atoms with Gasteiger partial charge in [-0.25, -0.2) is 9.48 Å². The minimum atomic E-state index is -0.0841. The number of rotatable bonds is 8. The molecule has 0 saturated heterocycles. The zero-order chi connectivity index (χ0) is 16.9. The lowest BCUT2D eigenvalue weighted by Crippen LogP contribution is -2.32. The van der Waals surface area contributed by atoms with E-state index >= 15 is 0 Å². The molecule has 24 heavy (non-hydrogen) atoms. The topological polar surface area (TPSA) is 68.9 Å². The van der Waals surface area contributed by atoms with E-state index in [4.69, 9.17) is 0 Å². The maximum atomic E-state index is 12.6. The van der Waals surface area contributed by atoms with Gasteiger partial charge in [0.1, 0.15) is 0 Å². The van der Waals surface area contributed by atoms with Crippen LogP contribution in [0.15, 0.2) is 35.1 Å². The molecule has 0 radical (unpaired) electrons. The van der Waals surface area contributed by atoms with Crippen molar-refractivity contribution in [2.45, 2.75) is 51.6 Å². The van der Waals surface area contributed by atoms with Crippen LogP contribution in [0, 0.1) is 0 Å². The zero-order valence-corrected chi connectivity index (χ0v) is 14.1. The Morgan fingerprint density at radius 2 is 2.04 bits per heavy atom. The Morgan fingerprint density at radius 3 is 2.71 bits per heavy atom. The van der Waals surface area contributed by atoms with E-state index in [-0.39, 0.29) is 17.6 Å². The van der Waals surface area contributed by atoms with Gasteiger partial charge in [0.2, 0.25) is 5.91 Å². The summed E-state index contributed by atoms with van der Waals surface area (Å²) < 4.78 is 3.27. The van der Waals surface area contributed by atoms with Crippen molar-refractivity contribution in [2.75, 3.05) is 6.54 Å². The van der Waals surface area contributed by atoms with Gasteiger partial charge in [0, 0.05) is 24.6 Å². The Morgan fingerprint density at radius 1 is 1.29 bits per heavy atom. The molecule has 2 aromatic rings. The number of carbonyl (C=O) groups excluding carboxylic acids is 1. The number of amides is 1. The highest BCUT2D eigenvalue weighted by molar-refractivity contribution is 5.75. The number of aromatic nitrogens is 3. The predicted octanol–water partition coefficient (Wildman–Crippen LogP) is 2.35. The van der Waals surface area contributed by atoms with Crippen LogP contribution in [0.2, 0.25) is 0 Å². The third kappa shape index (κ3) is 3.75. The number of hydrogen-bond acceptors (Lipinski definition) is 3. The van der Waals surface area contributed by atoms with E-state index in [2.05, 4.69) is 17.3 Å². The number of benzene rings is 1. The maximum absolute atomic E-state index is 12.6. The van der Waals surface area contributed by atoms with Gasteiger partial charge in [-0.05, 0) is 19.3 Å². The SMILES string of the molecule is CCCCC(=O)NCCn1nc(-c2ccccc2)n(C2CC2)c1=O. The summed E-state index contributed by atoms with van der Waals surface area (Å²) in [5.74, 6) is 0.759. The summed E-state index contributed by atoms with van der Waals surface area (Å²) >= 11 is 0. The van der Waals surface area contributed by atoms with Crippen LogP contribution in [0.3, 0.4) is 0 Å². The number of nitrogens with one attached hydrogen (secondary N) is 1. The molecule has 0 aliphatic heterocycles. The summed E-state index contributed by atoms with van der Waals surface area (Å²) in [5.41, 5.74) is 0.867. The van der Waals surface area contributed by atoms with Crippen LogP contribution in [0.25, 0.3) is 11.4 Å². The average Bonchev–Trinajstić information content (AvgIpc) is 3.38. The lowest BCUT2D eigenvalue weighted by atomic mass is 10.2. The van der Waals surface area contributed by atoms with Gasteiger partial charge in [-0.15, -0.1) is 5.10 Å². The van der Waals surface area contributed by atoms with Gasteiger partial charge in [-0.1, -0.05) is 43.7 Å². The number of hydrogen-bond donors (Lipinski definition) is 1. The van der Waals surface area contributed by atoms with Crippen molar-refractivity contribution >= 4 is 5.91 Å². The molecule has 1 aliphatic carbocycles. The van der Waals surface area contributed by atoms with Gasteiger partial charge < -0.3 is 5.32 Å². The third-order valence-corrected chi connectivity index (χ3v) is 4.22. The summed E-state index contributed by atoms with van der Waals surface area (Å²) in [6, 6.07) is 10.1. The Hall–Kier alpha value is -2.37. The molecular formula is C18H24N4O2. The summed E-state index contributed by atoms with van der Waals surface area (Å²) in [4.78, 5) is 24.3. The molecule has 1 heterocycles. The molecule has 0 bridgehead atoms. The molecule has 0 spiro atoms. The van der Waals surface area contributed by atoms with Gasteiger partial charge in [-0.2, -0.15) is 0 Å². The third-order valence-electron chi connectivity index (χ3n) is 4.22. The minimum absolute atomic E-state index is 0.0369. The van der Waals surface area contributed by atoms with Crippen molar-refractivity contribution in [1.82, 2.24) is 19.7 Å². The molecule has 128 valence electrons. The minimum Gasteiger partial charge on any atom is -0.354 e. The van der Waals surface area contributed by atoms with Crippen LogP contribution in [0.1, 0.15) is 45.1 Å². The van der Waals surface area contributed by atoms with Crippen molar-refractivity contribution < 1.29 is 4.79 Å². The molecule has 6 nitrogen and oxygen atoms in total. The van der Waals surface area contributed by atoms with Crippen LogP contribution in [0.5, 0.6) is 0 Å². The van der Waals surface area contributed by atoms with Crippen LogP contribution < -0.4 is 11.0 Å². The summed E-state index contributed by atoms with van der Waals surface area (Å²) in [7, 11) is 0. The Kier molecular flexibility index (Phi) is 5.13. The predicted molar refractivity (Wildman–Crippen MR) is 92.7 cm³/mol. The van der Waals surface area contributed by atoms with E-state index in [1.54, 1.807) is 4.57 Å². The lowest BCUT2D eigenvalue weighted by molar-refractivity contribution is -0.121. The molecule has 1 N–H and O–H groups in total. The van der Waals surface area contributed by atoms with Crippen LogP contribution in [0.4, 0.5) is 0 Å². The van der Waals surface area contributed by atoms with E-state index in [0.717, 1.165) is 37.1 Å². The van der Waals surface area contributed by atoms with Gasteiger partial charge >= 0.3 is 5.69 Å². The highest BCUT2D eigenvalue weighted by Crippen LogP contribution is 2.36. The van der Waals surface area contributed by atoms with Crippen molar-refractivity contribution in [3.63, 3.8) is 0 Å². The first-order chi connectivity index (χ1) is 11.7. The summed E-state index contributed by atoms with van der Waals surface area (Å²) in [6.45, 7) is 2.89. The molecular weight excluding hydrogens is 304 g/mol. The molecule has 0 unspecified atom stereocenters. The number of unbranched alkanes of at least 4 members (excludes halogenated alkanes) is 1. The second kappa shape index (κ2) is 7.47. The first-order valence-corrected chi connectivity index (χ1v) is 8.72. The molecule has 1 amide bonds. The molecule has 1 aliphatic rings. The van der Waals surface area contributed by atoms with Crippen molar-refractivity contribution in [2.24, 2.45) is 0 Å². The second-order valence-corrected chi connectivity index (χ2v) is 6.25. The highest BCUT2D eigenvalue weighted by atomic mass is 16.2. The van der Waals surface area contributed by atoms with Crippen LogP contribution >= 0.6 is 0 Å². The molecule has 0 atom stereocenters. The van der Waals surface area contributed by atoms with Gasteiger partial charge in [0.05, 0.1) is 6.54 Å². The highest BCUT2D eigenvalue weighted by Gasteiger charge is 2.30. The van der Waals surface area contributed by atoms with Crippen LogP contribution in [-0.4, -0.2) is 26.8 Å². The fourth-order valence-electron chi connectivity index (χ4n) is 2.74. The lowest BCUT2D eigenvalue weighted by Gasteiger charge is -2.03. The van der Waals surface area contributed by atoms with E-state index in [0.29, 0.717) is 19.5 Å². The zero-order valence-electron chi connectivity index (χ0n) is 14.1.